The molecule has 3 heteroatoms. The minimum Gasteiger partial charge on any atom is -0.508 e. The van der Waals surface area contributed by atoms with Gasteiger partial charge >= 0.3 is 0 Å². The molecule has 0 bridgehead atoms. The van der Waals surface area contributed by atoms with Gasteiger partial charge in [0, 0.05) is 12.0 Å². The highest BCUT2D eigenvalue weighted by atomic mass is 16.3. The van der Waals surface area contributed by atoms with E-state index in [1.807, 2.05) is 12.1 Å². The van der Waals surface area contributed by atoms with Gasteiger partial charge < -0.3 is 10.4 Å². The van der Waals surface area contributed by atoms with E-state index in [1.54, 1.807) is 19.2 Å². The van der Waals surface area contributed by atoms with Gasteiger partial charge in [-0.25, -0.2) is 0 Å². The van der Waals surface area contributed by atoms with Crippen molar-refractivity contribution in [2.45, 2.75) is 31.2 Å². The Bertz CT molecular complexity index is 403. The average Bonchev–Trinajstić information content (AvgIpc) is 2.31. The first-order chi connectivity index (χ1) is 7.70. The molecule has 2 rings (SSSR count). The molecular formula is C13H17NO2. The number of aromatic hydroxyl groups is 1. The van der Waals surface area contributed by atoms with Crippen molar-refractivity contribution in [1.82, 2.24) is 5.32 Å². The van der Waals surface area contributed by atoms with E-state index in [0.29, 0.717) is 12.0 Å². The zero-order chi connectivity index (χ0) is 11.6. The van der Waals surface area contributed by atoms with Crippen LogP contribution in [0.5, 0.6) is 5.75 Å². The number of rotatable bonds is 2. The maximum absolute atomic E-state index is 12.1. The topological polar surface area (TPSA) is 49.3 Å². The number of phenolic OH excluding ortho intramolecular Hbond substituents is 1. The standard InChI is InChI=1S/C13H17NO2/c1-14-13(9-5-4-8-12(13)16)10-6-2-3-7-11(10)15/h2-3,6-7,14-15H,4-5,8-9H2,1H3. The number of hydrogen-bond donors (Lipinski definition) is 2. The third-order valence-corrected chi connectivity index (χ3v) is 3.47. The molecule has 2 N–H and O–H groups in total. The third kappa shape index (κ3) is 1.61. The van der Waals surface area contributed by atoms with Crippen LogP contribution in [0, 0.1) is 0 Å². The van der Waals surface area contributed by atoms with Crippen LogP contribution < -0.4 is 5.32 Å². The molecule has 1 fully saturated rings. The summed E-state index contributed by atoms with van der Waals surface area (Å²) >= 11 is 0. The van der Waals surface area contributed by atoms with E-state index in [-0.39, 0.29) is 11.5 Å². The van der Waals surface area contributed by atoms with Gasteiger partial charge in [0.05, 0.1) is 0 Å². The van der Waals surface area contributed by atoms with Crippen molar-refractivity contribution in [2.75, 3.05) is 7.05 Å². The number of para-hydroxylation sites is 1. The summed E-state index contributed by atoms with van der Waals surface area (Å²) in [5.41, 5.74) is 0.0334. The fourth-order valence-electron chi connectivity index (χ4n) is 2.55. The van der Waals surface area contributed by atoms with Crippen LogP contribution in [-0.2, 0) is 10.3 Å². The molecule has 3 nitrogen and oxygen atoms in total. The highest BCUT2D eigenvalue weighted by Gasteiger charge is 2.41. The number of ketones is 1. The number of carbonyl (C=O) groups is 1. The Kier molecular flexibility index (Phi) is 2.97. The molecule has 1 aromatic carbocycles. The van der Waals surface area contributed by atoms with Crippen molar-refractivity contribution in [1.29, 1.82) is 0 Å². The van der Waals surface area contributed by atoms with E-state index >= 15 is 0 Å². The Morgan fingerprint density at radius 1 is 1.31 bits per heavy atom. The first-order valence-electron chi connectivity index (χ1n) is 5.71. The van der Waals surface area contributed by atoms with Crippen LogP contribution in [0.3, 0.4) is 0 Å². The smallest absolute Gasteiger partial charge is 0.157 e. The zero-order valence-electron chi connectivity index (χ0n) is 9.49. The van der Waals surface area contributed by atoms with Gasteiger partial charge in [0.25, 0.3) is 0 Å². The summed E-state index contributed by atoms with van der Waals surface area (Å²) in [5, 5.41) is 13.0. The molecule has 0 amide bonds. The highest BCUT2D eigenvalue weighted by Crippen LogP contribution is 2.38. The second-order valence-corrected chi connectivity index (χ2v) is 4.30. The predicted octanol–water partition coefficient (Wildman–Crippen LogP) is 1.95. The fraction of sp³-hybridized carbons (Fsp3) is 0.462. The molecule has 1 aromatic rings. The number of benzene rings is 1. The second-order valence-electron chi connectivity index (χ2n) is 4.30. The molecule has 16 heavy (non-hydrogen) atoms. The maximum atomic E-state index is 12.1. The van der Waals surface area contributed by atoms with Crippen molar-refractivity contribution in [3.8, 4) is 5.75 Å². The van der Waals surface area contributed by atoms with E-state index in [1.165, 1.54) is 0 Å². The first kappa shape index (κ1) is 11.1. The van der Waals surface area contributed by atoms with Gasteiger partial charge in [-0.15, -0.1) is 0 Å². The van der Waals surface area contributed by atoms with Crippen molar-refractivity contribution >= 4 is 5.78 Å². The Labute approximate surface area is 95.5 Å². The first-order valence-corrected chi connectivity index (χ1v) is 5.71. The predicted molar refractivity (Wildman–Crippen MR) is 62.3 cm³/mol. The third-order valence-electron chi connectivity index (χ3n) is 3.47. The maximum Gasteiger partial charge on any atom is 0.157 e. The van der Waals surface area contributed by atoms with Crippen LogP contribution >= 0.6 is 0 Å². The number of phenols is 1. The molecule has 0 aromatic heterocycles. The van der Waals surface area contributed by atoms with E-state index in [2.05, 4.69) is 5.32 Å². The molecule has 0 spiro atoms. The van der Waals surface area contributed by atoms with Gasteiger partial charge in [-0.1, -0.05) is 24.6 Å². The Hall–Kier alpha value is -1.35. The molecule has 0 heterocycles. The van der Waals surface area contributed by atoms with Crippen LogP contribution in [0.15, 0.2) is 24.3 Å². The van der Waals surface area contributed by atoms with Gasteiger partial charge in [-0.3, -0.25) is 4.79 Å². The minimum atomic E-state index is -0.677. The molecular weight excluding hydrogens is 202 g/mol. The molecule has 86 valence electrons. The number of Topliss-reactive ketones (excluding diaryl/α,β-unsaturated/α-hetero) is 1. The van der Waals surface area contributed by atoms with E-state index in [0.717, 1.165) is 19.3 Å². The summed E-state index contributed by atoms with van der Waals surface area (Å²) in [6.45, 7) is 0. The van der Waals surface area contributed by atoms with Gasteiger partial charge in [0.15, 0.2) is 5.78 Å². The molecule has 0 aliphatic heterocycles. The molecule has 1 aliphatic rings. The van der Waals surface area contributed by atoms with E-state index in [9.17, 15) is 9.90 Å². The van der Waals surface area contributed by atoms with Crippen molar-refractivity contribution in [3.63, 3.8) is 0 Å². The van der Waals surface area contributed by atoms with Gasteiger partial charge in [-0.2, -0.15) is 0 Å². The largest absolute Gasteiger partial charge is 0.508 e. The van der Waals surface area contributed by atoms with Crippen LogP contribution in [0.25, 0.3) is 0 Å². The molecule has 1 unspecified atom stereocenters. The normalized spacial score (nSPS) is 25.7. The van der Waals surface area contributed by atoms with Crippen molar-refractivity contribution < 1.29 is 9.90 Å². The van der Waals surface area contributed by atoms with Gasteiger partial charge in [0.2, 0.25) is 0 Å². The number of carbonyl (C=O) groups excluding carboxylic acids is 1. The van der Waals surface area contributed by atoms with Crippen LogP contribution in [0.4, 0.5) is 0 Å². The lowest BCUT2D eigenvalue weighted by Gasteiger charge is -2.36. The lowest BCUT2D eigenvalue weighted by atomic mass is 9.75. The quantitative estimate of drug-likeness (QED) is 0.799. The van der Waals surface area contributed by atoms with E-state index in [4.69, 9.17) is 0 Å². The summed E-state index contributed by atoms with van der Waals surface area (Å²) in [6, 6.07) is 7.09. The van der Waals surface area contributed by atoms with Gasteiger partial charge in [-0.05, 0) is 26.0 Å². The Morgan fingerprint density at radius 3 is 2.69 bits per heavy atom. The Morgan fingerprint density at radius 2 is 2.06 bits per heavy atom. The number of likely N-dealkylation sites (N-methyl/N-ethyl adjacent to an activating group) is 1. The SMILES string of the molecule is CNC1(c2ccccc2O)CCCCC1=O. The lowest BCUT2D eigenvalue weighted by Crippen LogP contribution is -2.49. The summed E-state index contributed by atoms with van der Waals surface area (Å²) in [7, 11) is 1.79. The summed E-state index contributed by atoms with van der Waals surface area (Å²) in [4.78, 5) is 12.1. The van der Waals surface area contributed by atoms with Crippen molar-refractivity contribution in [3.05, 3.63) is 29.8 Å². The van der Waals surface area contributed by atoms with Crippen LogP contribution in [0.2, 0.25) is 0 Å². The molecule has 1 saturated carbocycles. The summed E-state index contributed by atoms with van der Waals surface area (Å²) in [5.74, 6) is 0.384. The van der Waals surface area contributed by atoms with Crippen LogP contribution in [0.1, 0.15) is 31.2 Å². The molecule has 0 radical (unpaired) electrons. The van der Waals surface area contributed by atoms with Crippen LogP contribution in [-0.4, -0.2) is 17.9 Å². The molecule has 0 saturated heterocycles. The summed E-state index contributed by atoms with van der Waals surface area (Å²) in [6.07, 6.45) is 3.33. The minimum absolute atomic E-state index is 0.183. The van der Waals surface area contributed by atoms with Gasteiger partial charge in [0.1, 0.15) is 11.3 Å². The average molecular weight is 219 g/mol. The number of hydrogen-bond acceptors (Lipinski definition) is 3. The highest BCUT2D eigenvalue weighted by molar-refractivity contribution is 5.91. The molecule has 1 aliphatic carbocycles. The second kappa shape index (κ2) is 4.26. The number of nitrogens with one attached hydrogen (secondary N) is 1. The summed E-state index contributed by atoms with van der Waals surface area (Å²) < 4.78 is 0. The lowest BCUT2D eigenvalue weighted by molar-refractivity contribution is -0.127. The Balaban J connectivity index is 2.48. The fourth-order valence-corrected chi connectivity index (χ4v) is 2.55. The molecule has 1 atom stereocenters. The zero-order valence-corrected chi connectivity index (χ0v) is 9.49. The van der Waals surface area contributed by atoms with E-state index < -0.39 is 5.54 Å². The van der Waals surface area contributed by atoms with Crippen molar-refractivity contribution in [2.24, 2.45) is 0 Å². The monoisotopic (exact) mass is 219 g/mol.